The van der Waals surface area contributed by atoms with Crippen LogP contribution in [-0.4, -0.2) is 0 Å². The highest BCUT2D eigenvalue weighted by Gasteiger charge is 2.01. The molecule has 0 saturated carbocycles. The molecule has 0 aliphatic heterocycles. The van der Waals surface area contributed by atoms with Gasteiger partial charge in [-0.1, -0.05) is 58.9 Å². The van der Waals surface area contributed by atoms with Gasteiger partial charge in [0, 0.05) is 0 Å². The molecule has 0 atom stereocenters. The standard InChI is InChI=1S/C11H20/c1-10(2)8-6-7-9-11(3,4)5/h6-10H,1-5H3/b8-6+,9-7+. The average molecular weight is 152 g/mol. The predicted molar refractivity (Wildman–Crippen MR) is 52.6 cm³/mol. The van der Waals surface area contributed by atoms with Crippen LogP contribution in [0.25, 0.3) is 0 Å². The maximum atomic E-state index is 2.21. The Morgan fingerprint density at radius 1 is 1.00 bits per heavy atom. The monoisotopic (exact) mass is 152 g/mol. The molecule has 0 fully saturated rings. The van der Waals surface area contributed by atoms with Gasteiger partial charge in [0.05, 0.1) is 0 Å². The van der Waals surface area contributed by atoms with Gasteiger partial charge in [0.15, 0.2) is 0 Å². The zero-order valence-corrected chi connectivity index (χ0v) is 8.39. The van der Waals surface area contributed by atoms with Crippen LogP contribution in [0.2, 0.25) is 0 Å². The van der Waals surface area contributed by atoms with E-state index in [2.05, 4.69) is 58.9 Å². The van der Waals surface area contributed by atoms with Gasteiger partial charge in [0.25, 0.3) is 0 Å². The van der Waals surface area contributed by atoms with Crippen molar-refractivity contribution in [3.05, 3.63) is 24.3 Å². The summed E-state index contributed by atoms with van der Waals surface area (Å²) in [6.45, 7) is 11.0. The molecule has 0 spiro atoms. The van der Waals surface area contributed by atoms with Crippen LogP contribution in [0, 0.1) is 11.3 Å². The summed E-state index contributed by atoms with van der Waals surface area (Å²) in [6, 6.07) is 0. The van der Waals surface area contributed by atoms with Crippen LogP contribution in [0.5, 0.6) is 0 Å². The molecule has 11 heavy (non-hydrogen) atoms. The molecule has 0 aliphatic rings. The fraction of sp³-hybridized carbons (Fsp3) is 0.636. The number of rotatable bonds is 2. The van der Waals surface area contributed by atoms with E-state index < -0.39 is 0 Å². The van der Waals surface area contributed by atoms with Gasteiger partial charge in [0.1, 0.15) is 0 Å². The Labute approximate surface area is 71.0 Å². The summed E-state index contributed by atoms with van der Waals surface area (Å²) in [7, 11) is 0. The first-order valence-electron chi connectivity index (χ1n) is 4.28. The highest BCUT2D eigenvalue weighted by atomic mass is 14.1. The quantitative estimate of drug-likeness (QED) is 0.528. The van der Waals surface area contributed by atoms with Gasteiger partial charge in [-0.2, -0.15) is 0 Å². The summed E-state index contributed by atoms with van der Waals surface area (Å²) in [5.41, 5.74) is 0.307. The Hall–Kier alpha value is -0.520. The lowest BCUT2D eigenvalue weighted by atomic mass is 9.96. The third-order valence-corrected chi connectivity index (χ3v) is 1.20. The normalized spacial score (nSPS) is 14.0. The third-order valence-electron chi connectivity index (χ3n) is 1.20. The van der Waals surface area contributed by atoms with Crippen LogP contribution in [0.15, 0.2) is 24.3 Å². The van der Waals surface area contributed by atoms with E-state index in [1.165, 1.54) is 0 Å². The highest BCUT2D eigenvalue weighted by Crippen LogP contribution is 2.14. The second-order valence-corrected chi connectivity index (χ2v) is 4.35. The van der Waals surface area contributed by atoms with Gasteiger partial charge in [-0.25, -0.2) is 0 Å². The fourth-order valence-corrected chi connectivity index (χ4v) is 0.631. The number of hydrogen-bond donors (Lipinski definition) is 0. The lowest BCUT2D eigenvalue weighted by Crippen LogP contribution is -1.97. The molecule has 64 valence electrons. The van der Waals surface area contributed by atoms with Crippen molar-refractivity contribution >= 4 is 0 Å². The van der Waals surface area contributed by atoms with Crippen molar-refractivity contribution in [1.29, 1.82) is 0 Å². The second kappa shape index (κ2) is 4.38. The van der Waals surface area contributed by atoms with Crippen LogP contribution < -0.4 is 0 Å². The zero-order chi connectivity index (χ0) is 8.91. The van der Waals surface area contributed by atoms with E-state index in [0.29, 0.717) is 11.3 Å². The number of allylic oxidation sites excluding steroid dienone is 4. The molecular weight excluding hydrogens is 132 g/mol. The largest absolute Gasteiger partial charge is 0.0820 e. The minimum absolute atomic E-state index is 0.307. The summed E-state index contributed by atoms with van der Waals surface area (Å²) < 4.78 is 0. The van der Waals surface area contributed by atoms with Crippen molar-refractivity contribution in [1.82, 2.24) is 0 Å². The minimum atomic E-state index is 0.307. The summed E-state index contributed by atoms with van der Waals surface area (Å²) in [5, 5.41) is 0. The summed E-state index contributed by atoms with van der Waals surface area (Å²) in [5.74, 6) is 0.652. The van der Waals surface area contributed by atoms with Crippen molar-refractivity contribution in [2.45, 2.75) is 34.6 Å². The van der Waals surface area contributed by atoms with Crippen molar-refractivity contribution in [2.75, 3.05) is 0 Å². The van der Waals surface area contributed by atoms with E-state index >= 15 is 0 Å². The van der Waals surface area contributed by atoms with Crippen LogP contribution in [-0.2, 0) is 0 Å². The predicted octanol–water partition coefficient (Wildman–Crippen LogP) is 3.80. The molecular formula is C11H20. The van der Waals surface area contributed by atoms with E-state index in [9.17, 15) is 0 Å². The molecule has 0 heteroatoms. The van der Waals surface area contributed by atoms with Crippen molar-refractivity contribution in [3.63, 3.8) is 0 Å². The van der Waals surface area contributed by atoms with Crippen LogP contribution in [0.4, 0.5) is 0 Å². The molecule has 0 aliphatic carbocycles. The van der Waals surface area contributed by atoms with Crippen LogP contribution >= 0.6 is 0 Å². The molecule has 0 aromatic heterocycles. The van der Waals surface area contributed by atoms with E-state index in [1.54, 1.807) is 0 Å². The third kappa shape index (κ3) is 9.48. The lowest BCUT2D eigenvalue weighted by molar-refractivity contribution is 0.544. The lowest BCUT2D eigenvalue weighted by Gasteiger charge is -2.09. The maximum Gasteiger partial charge on any atom is -0.0200 e. The van der Waals surface area contributed by atoms with E-state index in [4.69, 9.17) is 0 Å². The van der Waals surface area contributed by atoms with Crippen molar-refractivity contribution in [2.24, 2.45) is 11.3 Å². The van der Waals surface area contributed by atoms with Crippen molar-refractivity contribution in [3.8, 4) is 0 Å². The molecule has 0 saturated heterocycles. The van der Waals surface area contributed by atoms with Gasteiger partial charge in [-0.15, -0.1) is 0 Å². The SMILES string of the molecule is CC(C)/C=C/C=C/C(C)(C)C. The van der Waals surface area contributed by atoms with Gasteiger partial charge in [-0.05, 0) is 11.3 Å². The summed E-state index contributed by atoms with van der Waals surface area (Å²) >= 11 is 0. The first kappa shape index (κ1) is 10.5. The molecule has 0 rings (SSSR count). The Bertz CT molecular complexity index is 142. The van der Waals surface area contributed by atoms with Gasteiger partial charge < -0.3 is 0 Å². The Morgan fingerprint density at radius 2 is 1.55 bits per heavy atom. The maximum absolute atomic E-state index is 2.21. The van der Waals surface area contributed by atoms with Crippen LogP contribution in [0.3, 0.4) is 0 Å². The highest BCUT2D eigenvalue weighted by molar-refractivity contribution is 5.06. The molecule has 0 aromatic carbocycles. The van der Waals surface area contributed by atoms with Gasteiger partial charge in [0.2, 0.25) is 0 Å². The van der Waals surface area contributed by atoms with Crippen molar-refractivity contribution < 1.29 is 0 Å². The molecule has 0 unspecified atom stereocenters. The smallest absolute Gasteiger partial charge is 0.0200 e. The van der Waals surface area contributed by atoms with Crippen LogP contribution in [0.1, 0.15) is 34.6 Å². The topological polar surface area (TPSA) is 0 Å². The summed E-state index contributed by atoms with van der Waals surface area (Å²) in [4.78, 5) is 0. The Balaban J connectivity index is 3.78. The molecule has 0 radical (unpaired) electrons. The zero-order valence-electron chi connectivity index (χ0n) is 8.39. The van der Waals surface area contributed by atoms with Gasteiger partial charge in [-0.3, -0.25) is 0 Å². The first-order chi connectivity index (χ1) is 4.92. The number of hydrogen-bond acceptors (Lipinski definition) is 0. The Kier molecular flexibility index (Phi) is 4.17. The molecule has 0 nitrogen and oxygen atoms in total. The van der Waals surface area contributed by atoms with E-state index in [1.807, 2.05) is 0 Å². The molecule has 0 N–H and O–H groups in total. The van der Waals surface area contributed by atoms with Gasteiger partial charge >= 0.3 is 0 Å². The molecule has 0 heterocycles. The van der Waals surface area contributed by atoms with E-state index in [-0.39, 0.29) is 0 Å². The fourth-order valence-electron chi connectivity index (χ4n) is 0.631. The Morgan fingerprint density at radius 3 is 1.91 bits per heavy atom. The average Bonchev–Trinajstić information content (AvgIpc) is 1.78. The first-order valence-corrected chi connectivity index (χ1v) is 4.28. The second-order valence-electron chi connectivity index (χ2n) is 4.35. The molecule has 0 aromatic rings. The molecule has 0 bridgehead atoms. The van der Waals surface area contributed by atoms with E-state index in [0.717, 1.165) is 0 Å². The summed E-state index contributed by atoms with van der Waals surface area (Å²) in [6.07, 6.45) is 8.66. The minimum Gasteiger partial charge on any atom is -0.0820 e. The molecule has 0 amide bonds.